The predicted molar refractivity (Wildman–Crippen MR) is 119 cm³/mol. The van der Waals surface area contributed by atoms with E-state index >= 15 is 0 Å². The Morgan fingerprint density at radius 3 is 2.69 bits per heavy atom. The van der Waals surface area contributed by atoms with E-state index < -0.39 is 0 Å². The third-order valence-electron chi connectivity index (χ3n) is 6.08. The van der Waals surface area contributed by atoms with Crippen LogP contribution in [0, 0.1) is 5.92 Å². The molecule has 0 radical (unpaired) electrons. The number of pyridine rings is 1. The van der Waals surface area contributed by atoms with E-state index in [1.807, 2.05) is 12.1 Å². The smallest absolute Gasteiger partial charge is 0.241 e. The fraction of sp³-hybridized carbons (Fsp3) is 0.435. The Balaban J connectivity index is 1.36. The molecule has 2 aliphatic heterocycles. The van der Waals surface area contributed by atoms with Gasteiger partial charge in [-0.3, -0.25) is 14.6 Å². The molecule has 0 bridgehead atoms. The number of aromatic nitrogens is 1. The lowest BCUT2D eigenvalue weighted by molar-refractivity contribution is -0.136. The van der Waals surface area contributed by atoms with Gasteiger partial charge in [-0.25, -0.2) is 10.9 Å². The number of anilines is 1. The Labute approximate surface area is 187 Å². The van der Waals surface area contributed by atoms with Crippen molar-refractivity contribution in [3.05, 3.63) is 48.3 Å². The number of hydrogen-bond donors (Lipinski definition) is 3. The largest absolute Gasteiger partial charge is 0.497 e. The van der Waals surface area contributed by atoms with Gasteiger partial charge in [-0.05, 0) is 49.1 Å². The summed E-state index contributed by atoms with van der Waals surface area (Å²) in [5.41, 5.74) is 8.00. The first-order chi connectivity index (χ1) is 15.6. The molecule has 4 rings (SSSR count). The molecular formula is C23H29N5O4. The third kappa shape index (κ3) is 4.84. The molecule has 0 spiro atoms. The molecule has 2 aromatic rings. The lowest BCUT2D eigenvalue weighted by Crippen LogP contribution is -2.50. The van der Waals surface area contributed by atoms with Crippen LogP contribution in [-0.4, -0.2) is 55.0 Å². The minimum absolute atomic E-state index is 0.0218. The van der Waals surface area contributed by atoms with E-state index in [2.05, 4.69) is 21.2 Å². The monoisotopic (exact) mass is 439 g/mol. The van der Waals surface area contributed by atoms with E-state index in [1.165, 1.54) is 0 Å². The zero-order valence-corrected chi connectivity index (χ0v) is 18.3. The molecular weight excluding hydrogens is 410 g/mol. The van der Waals surface area contributed by atoms with Crippen LogP contribution in [-0.2, 0) is 9.59 Å². The maximum atomic E-state index is 13.1. The maximum Gasteiger partial charge on any atom is 0.241 e. The number of hydrazine groups is 1. The fourth-order valence-corrected chi connectivity index (χ4v) is 4.28. The van der Waals surface area contributed by atoms with Crippen LogP contribution in [0.4, 0.5) is 5.69 Å². The molecule has 3 N–H and O–H groups in total. The van der Waals surface area contributed by atoms with Crippen LogP contribution in [0.1, 0.15) is 30.9 Å². The first kappa shape index (κ1) is 22.0. The Morgan fingerprint density at radius 1 is 1.12 bits per heavy atom. The summed E-state index contributed by atoms with van der Waals surface area (Å²) in [4.78, 5) is 31.9. The van der Waals surface area contributed by atoms with Gasteiger partial charge in [-0.1, -0.05) is 0 Å². The van der Waals surface area contributed by atoms with Crippen molar-refractivity contribution in [1.29, 1.82) is 0 Å². The van der Waals surface area contributed by atoms with Gasteiger partial charge < -0.3 is 19.7 Å². The lowest BCUT2D eigenvalue weighted by atomic mass is 9.95. The second kappa shape index (κ2) is 9.97. The minimum atomic E-state index is -0.323. The summed E-state index contributed by atoms with van der Waals surface area (Å²) in [5, 5.41) is 2.95. The molecule has 2 fully saturated rings. The van der Waals surface area contributed by atoms with Crippen molar-refractivity contribution in [2.75, 3.05) is 32.6 Å². The van der Waals surface area contributed by atoms with Gasteiger partial charge in [0.15, 0.2) is 0 Å². The highest BCUT2D eigenvalue weighted by molar-refractivity contribution is 5.94. The number of likely N-dealkylation sites (tertiary alicyclic amines) is 1. The topological polar surface area (TPSA) is 105 Å². The number of nitrogens with zero attached hydrogens (tertiary/aromatic N) is 2. The average Bonchev–Trinajstić information content (AvgIpc) is 3.35. The number of carbonyl (C=O) groups is 2. The number of benzene rings is 1. The molecule has 32 heavy (non-hydrogen) atoms. The molecule has 9 heteroatoms. The number of ether oxygens (including phenoxy) is 2. The Bertz CT molecular complexity index is 955. The normalized spacial score (nSPS) is 22.9. The maximum absolute atomic E-state index is 13.1. The highest BCUT2D eigenvalue weighted by atomic mass is 16.5. The van der Waals surface area contributed by atoms with Crippen LogP contribution in [0.2, 0.25) is 0 Å². The van der Waals surface area contributed by atoms with Crippen molar-refractivity contribution >= 4 is 17.5 Å². The van der Waals surface area contributed by atoms with Gasteiger partial charge >= 0.3 is 0 Å². The lowest BCUT2D eigenvalue weighted by Gasteiger charge is -2.33. The Morgan fingerprint density at radius 2 is 1.94 bits per heavy atom. The molecule has 0 saturated carbocycles. The SMILES string of the molecule is COc1ccc(NC(=O)C2CCCN(C(=O)C3CC(c4ccncc4)NN3)C2)c(OC)c1. The van der Waals surface area contributed by atoms with Gasteiger partial charge in [0.05, 0.1) is 25.8 Å². The summed E-state index contributed by atoms with van der Waals surface area (Å²) < 4.78 is 10.6. The van der Waals surface area contributed by atoms with Gasteiger partial charge in [0.25, 0.3) is 0 Å². The molecule has 1 aromatic heterocycles. The minimum Gasteiger partial charge on any atom is -0.497 e. The standard InChI is InChI=1S/C23H29N5O4/c1-31-17-5-6-18(21(12-17)32-2)25-22(29)16-4-3-11-28(14-16)23(30)20-13-19(26-27-20)15-7-9-24-10-8-15/h5-10,12,16,19-20,26-27H,3-4,11,13-14H2,1-2H3,(H,25,29). The summed E-state index contributed by atoms with van der Waals surface area (Å²) in [6.07, 6.45) is 5.68. The molecule has 1 aromatic carbocycles. The van der Waals surface area contributed by atoms with Crippen LogP contribution >= 0.6 is 0 Å². The number of nitrogens with one attached hydrogen (secondary N) is 3. The van der Waals surface area contributed by atoms with E-state index in [0.717, 1.165) is 18.4 Å². The highest BCUT2D eigenvalue weighted by Gasteiger charge is 2.36. The van der Waals surface area contributed by atoms with Crippen molar-refractivity contribution in [1.82, 2.24) is 20.7 Å². The second-order valence-electron chi connectivity index (χ2n) is 8.09. The predicted octanol–water partition coefficient (Wildman–Crippen LogP) is 1.88. The summed E-state index contributed by atoms with van der Waals surface area (Å²) >= 11 is 0. The fourth-order valence-electron chi connectivity index (χ4n) is 4.28. The third-order valence-corrected chi connectivity index (χ3v) is 6.08. The van der Waals surface area contributed by atoms with Gasteiger partial charge in [0.2, 0.25) is 11.8 Å². The summed E-state index contributed by atoms with van der Waals surface area (Å²) in [5.74, 6) is 0.818. The van der Waals surface area contributed by atoms with E-state index in [4.69, 9.17) is 9.47 Å². The molecule has 170 valence electrons. The molecule has 3 heterocycles. The zero-order chi connectivity index (χ0) is 22.5. The van der Waals surface area contributed by atoms with Gasteiger partial charge in [-0.15, -0.1) is 0 Å². The first-order valence-electron chi connectivity index (χ1n) is 10.8. The van der Waals surface area contributed by atoms with Crippen LogP contribution in [0.5, 0.6) is 11.5 Å². The summed E-state index contributed by atoms with van der Waals surface area (Å²) in [6.45, 7) is 1.06. The molecule has 0 aliphatic carbocycles. The highest BCUT2D eigenvalue weighted by Crippen LogP contribution is 2.30. The van der Waals surface area contributed by atoms with E-state index in [-0.39, 0.29) is 29.8 Å². The molecule has 3 atom stereocenters. The second-order valence-corrected chi connectivity index (χ2v) is 8.09. The average molecular weight is 440 g/mol. The molecule has 2 saturated heterocycles. The van der Waals surface area contributed by atoms with Crippen molar-refractivity contribution in [2.45, 2.75) is 31.3 Å². The van der Waals surface area contributed by atoms with Crippen molar-refractivity contribution in [3.8, 4) is 11.5 Å². The van der Waals surface area contributed by atoms with Crippen molar-refractivity contribution in [2.24, 2.45) is 5.92 Å². The van der Waals surface area contributed by atoms with Crippen molar-refractivity contribution in [3.63, 3.8) is 0 Å². The van der Waals surface area contributed by atoms with Crippen molar-refractivity contribution < 1.29 is 19.1 Å². The molecule has 9 nitrogen and oxygen atoms in total. The van der Waals surface area contributed by atoms with Crippen LogP contribution < -0.4 is 25.6 Å². The van der Waals surface area contributed by atoms with E-state index in [9.17, 15) is 9.59 Å². The van der Waals surface area contributed by atoms with Crippen LogP contribution in [0.25, 0.3) is 0 Å². The summed E-state index contributed by atoms with van der Waals surface area (Å²) in [7, 11) is 3.13. The molecule has 2 amide bonds. The van der Waals surface area contributed by atoms with E-state index in [0.29, 0.717) is 36.7 Å². The first-order valence-corrected chi connectivity index (χ1v) is 10.8. The van der Waals surface area contributed by atoms with Crippen LogP contribution in [0.15, 0.2) is 42.7 Å². The zero-order valence-electron chi connectivity index (χ0n) is 18.3. The number of rotatable bonds is 6. The Hall–Kier alpha value is -3.17. The summed E-state index contributed by atoms with van der Waals surface area (Å²) in [6, 6.07) is 8.88. The molecule has 2 aliphatic rings. The van der Waals surface area contributed by atoms with Gasteiger partial charge in [0, 0.05) is 37.6 Å². The van der Waals surface area contributed by atoms with E-state index in [1.54, 1.807) is 49.7 Å². The van der Waals surface area contributed by atoms with Gasteiger partial charge in [-0.2, -0.15) is 0 Å². The number of piperidine rings is 1. The number of amides is 2. The Kier molecular flexibility index (Phi) is 6.87. The molecule has 3 unspecified atom stereocenters. The number of methoxy groups -OCH3 is 2. The number of hydrogen-bond acceptors (Lipinski definition) is 7. The number of carbonyl (C=O) groups excluding carboxylic acids is 2. The quantitative estimate of drug-likeness (QED) is 0.631. The van der Waals surface area contributed by atoms with Gasteiger partial charge in [0.1, 0.15) is 17.5 Å². The van der Waals surface area contributed by atoms with Crippen LogP contribution in [0.3, 0.4) is 0 Å².